The van der Waals surface area contributed by atoms with Crippen LogP contribution in [0.25, 0.3) is 0 Å². The minimum absolute atomic E-state index is 0.106. The van der Waals surface area contributed by atoms with E-state index in [0.717, 1.165) is 31.0 Å². The predicted molar refractivity (Wildman–Crippen MR) is 91.6 cm³/mol. The Morgan fingerprint density at radius 1 is 0.952 bits per heavy atom. The second-order valence-corrected chi connectivity index (χ2v) is 9.44. The normalized spacial score (nSPS) is 12.6. The molecule has 21 heavy (non-hydrogen) atoms. The van der Waals surface area contributed by atoms with Crippen LogP contribution in [0.4, 0.5) is 0 Å². The van der Waals surface area contributed by atoms with E-state index >= 15 is 0 Å². The van der Waals surface area contributed by atoms with Gasteiger partial charge in [0.25, 0.3) is 10.1 Å². The van der Waals surface area contributed by atoms with Crippen LogP contribution in [0, 0.1) is 0 Å². The Kier molecular flexibility index (Phi) is 7.32. The first kappa shape index (κ1) is 18.6. The molecule has 0 bridgehead atoms. The molecule has 0 heterocycles. The monoisotopic (exact) mass is 330 g/mol. The van der Waals surface area contributed by atoms with E-state index in [1.54, 1.807) is 6.07 Å². The highest BCUT2D eigenvalue weighted by atomic mass is 32.2. The molecule has 0 saturated heterocycles. The van der Waals surface area contributed by atoms with Crippen LogP contribution in [-0.4, -0.2) is 24.3 Å². The maximum absolute atomic E-state index is 11.7. The van der Waals surface area contributed by atoms with Gasteiger partial charge in [0, 0.05) is 0 Å². The molecule has 1 rings (SSSR count). The predicted octanol–water partition coefficient (Wildman–Crippen LogP) is 4.42. The highest BCUT2D eigenvalue weighted by Crippen LogP contribution is 2.51. The van der Waals surface area contributed by atoms with E-state index in [1.807, 2.05) is 12.1 Å². The van der Waals surface area contributed by atoms with Gasteiger partial charge in [0.15, 0.2) is 0 Å². The van der Waals surface area contributed by atoms with Gasteiger partial charge in [-0.3, -0.25) is 4.55 Å². The van der Waals surface area contributed by atoms with Crippen LogP contribution >= 0.6 is 7.92 Å². The van der Waals surface area contributed by atoms with Crippen LogP contribution in [-0.2, 0) is 10.1 Å². The van der Waals surface area contributed by atoms with Crippen molar-refractivity contribution in [3.8, 4) is 0 Å². The lowest BCUT2D eigenvalue weighted by Crippen LogP contribution is -2.25. The fourth-order valence-corrected chi connectivity index (χ4v) is 7.73. The summed E-state index contributed by atoms with van der Waals surface area (Å²) < 4.78 is 33.0. The van der Waals surface area contributed by atoms with E-state index in [0.29, 0.717) is 11.3 Å². The van der Waals surface area contributed by atoms with Crippen molar-refractivity contribution in [2.75, 3.05) is 0 Å². The Balaban J connectivity index is 3.46. The van der Waals surface area contributed by atoms with Crippen molar-refractivity contribution < 1.29 is 13.0 Å². The Morgan fingerprint density at radius 2 is 1.38 bits per heavy atom. The molecule has 0 aromatic heterocycles. The van der Waals surface area contributed by atoms with E-state index in [9.17, 15) is 13.0 Å². The second kappa shape index (κ2) is 8.26. The van der Waals surface area contributed by atoms with E-state index in [-0.39, 0.29) is 4.90 Å². The zero-order chi connectivity index (χ0) is 16.0. The zero-order valence-corrected chi connectivity index (χ0v) is 15.1. The maximum Gasteiger partial charge on any atom is 0.295 e. The smallest absolute Gasteiger partial charge is 0.282 e. The SMILES string of the molecule is CCC(CC)P(c1ccccc1S(=O)(=O)O)C(CC)CC. The Labute approximate surface area is 130 Å². The molecule has 0 aliphatic rings. The first-order valence-electron chi connectivity index (χ1n) is 7.75. The first-order valence-corrected chi connectivity index (χ1v) is 10.7. The van der Waals surface area contributed by atoms with Crippen molar-refractivity contribution in [3.05, 3.63) is 24.3 Å². The molecule has 0 radical (unpaired) electrons. The quantitative estimate of drug-likeness (QED) is 0.567. The lowest BCUT2D eigenvalue weighted by Gasteiger charge is -2.34. The zero-order valence-electron chi connectivity index (χ0n) is 13.4. The highest BCUT2D eigenvalue weighted by Gasteiger charge is 2.30. The summed E-state index contributed by atoms with van der Waals surface area (Å²) in [7, 11) is -4.77. The number of rotatable bonds is 8. The minimum atomic E-state index is -4.16. The topological polar surface area (TPSA) is 54.4 Å². The van der Waals surface area contributed by atoms with Crippen LogP contribution in [0.15, 0.2) is 29.2 Å². The summed E-state index contributed by atoms with van der Waals surface area (Å²) in [6.45, 7) is 8.67. The van der Waals surface area contributed by atoms with E-state index in [2.05, 4.69) is 27.7 Å². The van der Waals surface area contributed by atoms with Crippen LogP contribution in [0.2, 0.25) is 0 Å². The molecular weight excluding hydrogens is 303 g/mol. The van der Waals surface area contributed by atoms with Gasteiger partial charge in [0.1, 0.15) is 4.90 Å². The molecule has 0 saturated carbocycles. The maximum atomic E-state index is 11.7. The lowest BCUT2D eigenvalue weighted by molar-refractivity contribution is 0.484. The molecule has 1 N–H and O–H groups in total. The lowest BCUT2D eigenvalue weighted by atomic mass is 10.2. The molecule has 0 fully saturated rings. The molecule has 1 aromatic carbocycles. The molecule has 0 aliphatic carbocycles. The third-order valence-electron chi connectivity index (χ3n) is 4.09. The van der Waals surface area contributed by atoms with Gasteiger partial charge in [-0.25, -0.2) is 0 Å². The molecule has 0 aliphatic heterocycles. The van der Waals surface area contributed by atoms with Crippen LogP contribution < -0.4 is 5.30 Å². The van der Waals surface area contributed by atoms with Gasteiger partial charge < -0.3 is 0 Å². The fourth-order valence-electron chi connectivity index (χ4n) is 2.94. The summed E-state index contributed by atoms with van der Waals surface area (Å²) in [5, 5.41) is 0.845. The van der Waals surface area contributed by atoms with E-state index < -0.39 is 18.0 Å². The summed E-state index contributed by atoms with van der Waals surface area (Å²) in [5.74, 6) is 0. The van der Waals surface area contributed by atoms with Crippen molar-refractivity contribution in [2.24, 2.45) is 0 Å². The Bertz CT molecular complexity index is 522. The Hall–Kier alpha value is -0.440. The van der Waals surface area contributed by atoms with Crippen molar-refractivity contribution in [3.63, 3.8) is 0 Å². The summed E-state index contributed by atoms with van der Waals surface area (Å²) >= 11 is 0. The summed E-state index contributed by atoms with van der Waals surface area (Å²) in [5.41, 5.74) is 0.987. The number of hydrogen-bond acceptors (Lipinski definition) is 2. The van der Waals surface area contributed by atoms with E-state index in [4.69, 9.17) is 0 Å². The van der Waals surface area contributed by atoms with Crippen LogP contribution in [0.3, 0.4) is 0 Å². The van der Waals surface area contributed by atoms with Gasteiger partial charge in [-0.15, -0.1) is 0 Å². The third kappa shape index (κ3) is 4.51. The van der Waals surface area contributed by atoms with E-state index in [1.165, 1.54) is 6.07 Å². The van der Waals surface area contributed by atoms with Crippen LogP contribution in [0.5, 0.6) is 0 Å². The number of hydrogen-bond donors (Lipinski definition) is 1. The second-order valence-electron chi connectivity index (χ2n) is 5.29. The molecule has 1 aromatic rings. The molecule has 0 unspecified atom stereocenters. The number of benzene rings is 1. The van der Waals surface area contributed by atoms with Gasteiger partial charge in [0.05, 0.1) is 0 Å². The van der Waals surface area contributed by atoms with Crippen molar-refractivity contribution in [1.29, 1.82) is 0 Å². The molecule has 0 amide bonds. The minimum Gasteiger partial charge on any atom is -0.282 e. The molecule has 0 atom stereocenters. The largest absolute Gasteiger partial charge is 0.295 e. The van der Waals surface area contributed by atoms with Gasteiger partial charge in [0.2, 0.25) is 0 Å². The van der Waals surface area contributed by atoms with Gasteiger partial charge >= 0.3 is 0 Å². The average Bonchev–Trinajstić information content (AvgIpc) is 2.47. The van der Waals surface area contributed by atoms with Crippen molar-refractivity contribution in [2.45, 2.75) is 69.6 Å². The highest BCUT2D eigenvalue weighted by molar-refractivity contribution is 7.86. The average molecular weight is 330 g/mol. The fraction of sp³-hybridized carbons (Fsp3) is 0.625. The third-order valence-corrected chi connectivity index (χ3v) is 9.14. The molecule has 3 nitrogen and oxygen atoms in total. The Morgan fingerprint density at radius 3 is 1.76 bits per heavy atom. The standard InChI is InChI=1S/C16H27O3PS/c1-5-13(6-2)20(14(7-3)8-4)15-11-9-10-12-16(15)21(17,18)19/h9-14H,5-8H2,1-4H3,(H,17,18,19). The van der Waals surface area contributed by atoms with Crippen molar-refractivity contribution in [1.82, 2.24) is 0 Å². The molecule has 5 heteroatoms. The summed E-state index contributed by atoms with van der Waals surface area (Å²) in [4.78, 5) is 0.106. The van der Waals surface area contributed by atoms with Crippen molar-refractivity contribution >= 4 is 23.3 Å². The summed E-state index contributed by atoms with van der Waals surface area (Å²) in [6, 6.07) is 6.99. The summed E-state index contributed by atoms with van der Waals surface area (Å²) in [6.07, 6.45) is 4.16. The first-order chi connectivity index (χ1) is 9.90. The molecule has 120 valence electrons. The van der Waals surface area contributed by atoms with Gasteiger partial charge in [-0.1, -0.05) is 53.8 Å². The molecule has 0 spiro atoms. The molecular formula is C16H27O3PS. The van der Waals surface area contributed by atoms with Gasteiger partial charge in [-0.2, -0.15) is 8.42 Å². The van der Waals surface area contributed by atoms with Crippen LogP contribution in [0.1, 0.15) is 53.4 Å². The van der Waals surface area contributed by atoms with Gasteiger partial charge in [-0.05, 0) is 48.4 Å².